The molecule has 1 heterocycles. The van der Waals surface area contributed by atoms with Crippen LogP contribution in [0.15, 0.2) is 260 Å². The van der Waals surface area contributed by atoms with E-state index in [-0.39, 0.29) is 11.4 Å². The van der Waals surface area contributed by atoms with E-state index in [0.717, 1.165) is 112 Å². The SMILES string of the molecule is C=Cc1ccc(C2(c3cc(C)ccc3C)c3ccccc3-c3ccc(N(c4ccc5oc6ccc(N(c7ccc8c(c7)C(c7ccc(C=C)cc7)(c7cc(C)ccc7C)c7ccccc7-8)c7ccc(F)cc7F)cc6c5c4)c4ccc(F)cc4F)cc32)cc1. The topological polar surface area (TPSA) is 19.6 Å². The fourth-order valence-corrected chi connectivity index (χ4v) is 14.6. The zero-order chi connectivity index (χ0) is 61.0. The molecule has 0 bridgehead atoms. The molecule has 0 spiro atoms. The van der Waals surface area contributed by atoms with Crippen molar-refractivity contribution in [2.24, 2.45) is 0 Å². The molecule has 0 N–H and O–H groups in total. The van der Waals surface area contributed by atoms with Gasteiger partial charge in [0.1, 0.15) is 34.4 Å². The minimum atomic E-state index is -0.817. The maximum Gasteiger partial charge on any atom is 0.150 e. The molecule has 89 heavy (non-hydrogen) atoms. The molecule has 2 atom stereocenters. The molecule has 0 saturated heterocycles. The summed E-state index contributed by atoms with van der Waals surface area (Å²) < 4.78 is 70.8. The standard InChI is InChI=1S/C82H58F4N2O/c1-7-53-21-25-55(26-22-53)81(71-41-49(3)17-19-51(71)5)69-15-11-9-13-63(69)65-35-31-61(47-73(65)81)87(77-37-29-57(83)43-75(77)85)59-33-39-79-67(45-59)68-46-60(34-40-80(68)89-79)88(78-38-30-58(84)44-76(78)86)62-32-36-66-64-14-10-12-16-70(64)82(74(66)48-62,56-27-23-54(8-2)24-28-56)72-42-50(4)18-20-52(72)6/h7-48H,1-2H2,3-6H3. The second kappa shape index (κ2) is 21.0. The van der Waals surface area contributed by atoms with Gasteiger partial charge in [0, 0.05) is 45.7 Å². The fraction of sp³-hybridized carbons (Fsp3) is 0.0732. The highest BCUT2D eigenvalue weighted by Gasteiger charge is 2.49. The van der Waals surface area contributed by atoms with Gasteiger partial charge in [-0.15, -0.1) is 0 Å². The summed E-state index contributed by atoms with van der Waals surface area (Å²) in [6, 6.07) is 78.7. The van der Waals surface area contributed by atoms with Gasteiger partial charge in [-0.1, -0.05) is 182 Å². The highest BCUT2D eigenvalue weighted by molar-refractivity contribution is 6.08. The molecule has 15 rings (SSSR count). The average Bonchev–Trinajstić information content (AvgIpc) is 1.64. The average molecular weight is 1160 g/mol. The number of anilines is 6. The Morgan fingerprint density at radius 2 is 0.730 bits per heavy atom. The van der Waals surface area contributed by atoms with Gasteiger partial charge in [0.25, 0.3) is 0 Å². The molecule has 12 aromatic carbocycles. The summed E-state index contributed by atoms with van der Waals surface area (Å²) in [5, 5.41) is 1.38. The number of fused-ring (bicyclic) bond motifs is 9. The third kappa shape index (κ3) is 8.47. The number of furan rings is 1. The summed E-state index contributed by atoms with van der Waals surface area (Å²) in [7, 11) is 0. The number of rotatable bonds is 12. The van der Waals surface area contributed by atoms with Gasteiger partial charge < -0.3 is 14.2 Å². The van der Waals surface area contributed by atoms with Crippen molar-refractivity contribution in [2.45, 2.75) is 38.5 Å². The van der Waals surface area contributed by atoms with Crippen molar-refractivity contribution in [3.8, 4) is 22.3 Å². The second-order valence-corrected chi connectivity index (χ2v) is 23.7. The lowest BCUT2D eigenvalue weighted by atomic mass is 9.66. The third-order valence-electron chi connectivity index (χ3n) is 18.6. The van der Waals surface area contributed by atoms with Crippen LogP contribution in [0.2, 0.25) is 0 Å². The zero-order valence-corrected chi connectivity index (χ0v) is 49.5. The van der Waals surface area contributed by atoms with E-state index in [9.17, 15) is 0 Å². The molecule has 0 aliphatic heterocycles. The van der Waals surface area contributed by atoms with Gasteiger partial charge in [-0.2, -0.15) is 0 Å². The Morgan fingerprint density at radius 1 is 0.348 bits per heavy atom. The molecule has 13 aromatic rings. The Kier molecular flexibility index (Phi) is 12.9. The normalized spacial score (nSPS) is 15.4. The van der Waals surface area contributed by atoms with E-state index in [2.05, 4.69) is 199 Å². The molecular weight excluding hydrogens is 1100 g/mol. The predicted octanol–water partition coefficient (Wildman–Crippen LogP) is 22.3. The summed E-state index contributed by atoms with van der Waals surface area (Å²) in [6.07, 6.45) is 3.69. The lowest BCUT2D eigenvalue weighted by Gasteiger charge is -2.36. The summed E-state index contributed by atoms with van der Waals surface area (Å²) in [5.74, 6) is -2.91. The summed E-state index contributed by atoms with van der Waals surface area (Å²) in [6.45, 7) is 16.6. The smallest absolute Gasteiger partial charge is 0.150 e. The highest BCUT2D eigenvalue weighted by Crippen LogP contribution is 2.60. The first kappa shape index (κ1) is 54.9. The van der Waals surface area contributed by atoms with Crippen molar-refractivity contribution in [3.05, 3.63) is 357 Å². The number of hydrogen-bond acceptors (Lipinski definition) is 3. The van der Waals surface area contributed by atoms with E-state index in [1.165, 1.54) is 24.3 Å². The van der Waals surface area contributed by atoms with Gasteiger partial charge >= 0.3 is 0 Å². The zero-order valence-electron chi connectivity index (χ0n) is 49.5. The highest BCUT2D eigenvalue weighted by atomic mass is 19.1. The van der Waals surface area contributed by atoms with Crippen LogP contribution in [0.4, 0.5) is 51.7 Å². The Bertz CT molecular complexity index is 4760. The van der Waals surface area contributed by atoms with Crippen molar-refractivity contribution in [2.75, 3.05) is 9.80 Å². The molecule has 1 aromatic heterocycles. The number of halogens is 4. The lowest BCUT2D eigenvalue weighted by Crippen LogP contribution is -2.30. The lowest BCUT2D eigenvalue weighted by molar-refractivity contribution is 0.583. The quantitative estimate of drug-likeness (QED) is 0.114. The number of nitrogens with zero attached hydrogens (tertiary/aromatic N) is 2. The minimum Gasteiger partial charge on any atom is -0.456 e. The molecule has 2 aliphatic carbocycles. The number of aryl methyl sites for hydroxylation is 4. The largest absolute Gasteiger partial charge is 0.456 e. The summed E-state index contributed by atoms with van der Waals surface area (Å²) in [4.78, 5) is 3.68. The number of hydrogen-bond donors (Lipinski definition) is 0. The van der Waals surface area contributed by atoms with Gasteiger partial charge in [-0.25, -0.2) is 17.6 Å². The Balaban J connectivity index is 0.937. The molecular formula is C82H58F4N2O. The van der Waals surface area contributed by atoms with Crippen LogP contribution in [-0.2, 0) is 10.8 Å². The molecule has 0 fully saturated rings. The molecule has 0 radical (unpaired) electrons. The van der Waals surface area contributed by atoms with Crippen molar-refractivity contribution >= 4 is 68.2 Å². The molecule has 2 aliphatic rings. The van der Waals surface area contributed by atoms with Crippen molar-refractivity contribution < 1.29 is 22.0 Å². The second-order valence-electron chi connectivity index (χ2n) is 23.7. The maximum absolute atomic E-state index is 16.9. The Hall–Kier alpha value is -10.8. The molecule has 7 heteroatoms. The van der Waals surface area contributed by atoms with Crippen LogP contribution in [0.5, 0.6) is 0 Å². The fourth-order valence-electron chi connectivity index (χ4n) is 14.6. The monoisotopic (exact) mass is 1160 g/mol. The first-order valence-corrected chi connectivity index (χ1v) is 29.9. The van der Waals surface area contributed by atoms with Crippen LogP contribution in [-0.4, -0.2) is 0 Å². The van der Waals surface area contributed by atoms with Crippen LogP contribution < -0.4 is 9.80 Å². The van der Waals surface area contributed by atoms with Crippen molar-refractivity contribution in [1.29, 1.82) is 0 Å². The molecule has 3 nitrogen and oxygen atoms in total. The van der Waals surface area contributed by atoms with Crippen molar-refractivity contribution in [1.82, 2.24) is 0 Å². The van der Waals surface area contributed by atoms with E-state index in [1.54, 1.807) is 0 Å². The minimum absolute atomic E-state index is 0.132. The van der Waals surface area contributed by atoms with E-state index < -0.39 is 34.1 Å². The van der Waals surface area contributed by atoms with Gasteiger partial charge in [0.05, 0.1) is 22.2 Å². The van der Waals surface area contributed by atoms with Crippen molar-refractivity contribution in [3.63, 3.8) is 0 Å². The molecule has 430 valence electrons. The third-order valence-corrected chi connectivity index (χ3v) is 18.6. The molecule has 0 amide bonds. The molecule has 0 saturated carbocycles. The van der Waals surface area contributed by atoms with E-state index in [0.29, 0.717) is 44.7 Å². The Labute approximate surface area is 515 Å². The first-order chi connectivity index (χ1) is 43.3. The van der Waals surface area contributed by atoms with E-state index in [1.807, 2.05) is 70.5 Å². The summed E-state index contributed by atoms with van der Waals surface area (Å²) >= 11 is 0. The molecule has 2 unspecified atom stereocenters. The van der Waals surface area contributed by atoms with E-state index in [4.69, 9.17) is 4.42 Å². The van der Waals surface area contributed by atoms with E-state index >= 15 is 17.6 Å². The Morgan fingerprint density at radius 3 is 1.13 bits per heavy atom. The van der Waals surface area contributed by atoms with Crippen LogP contribution in [0, 0.1) is 51.0 Å². The van der Waals surface area contributed by atoms with Gasteiger partial charge in [0.15, 0.2) is 0 Å². The maximum atomic E-state index is 16.9. The van der Waals surface area contributed by atoms with Crippen LogP contribution in [0.1, 0.15) is 77.9 Å². The number of benzene rings is 12. The van der Waals surface area contributed by atoms with Crippen LogP contribution in [0.25, 0.3) is 56.3 Å². The summed E-state index contributed by atoms with van der Waals surface area (Å²) in [5.41, 5.74) is 21.4. The van der Waals surface area contributed by atoms with Gasteiger partial charge in [-0.3, -0.25) is 0 Å². The van der Waals surface area contributed by atoms with Crippen LogP contribution in [0.3, 0.4) is 0 Å². The predicted molar refractivity (Wildman–Crippen MR) is 357 cm³/mol. The van der Waals surface area contributed by atoms with Gasteiger partial charge in [0.2, 0.25) is 0 Å². The van der Waals surface area contributed by atoms with Gasteiger partial charge in [-0.05, 0) is 202 Å². The van der Waals surface area contributed by atoms with Crippen LogP contribution >= 0.6 is 0 Å². The first-order valence-electron chi connectivity index (χ1n) is 29.9.